The number of amides is 1. The molecule has 4 rings (SSSR count). The van der Waals surface area contributed by atoms with Crippen LogP contribution < -0.4 is 4.74 Å². The number of ether oxygens (including phenoxy) is 2. The van der Waals surface area contributed by atoms with Gasteiger partial charge < -0.3 is 14.4 Å². The lowest BCUT2D eigenvalue weighted by Crippen LogP contribution is -2.62. The Labute approximate surface area is 194 Å². The summed E-state index contributed by atoms with van der Waals surface area (Å²) in [6.45, 7) is -1.67. The first-order chi connectivity index (χ1) is 16.1. The first kappa shape index (κ1) is 23.9. The van der Waals surface area contributed by atoms with E-state index in [9.17, 15) is 27.6 Å². The number of hydrogen-bond donors (Lipinski definition) is 0. The highest BCUT2D eigenvalue weighted by atomic mass is 19.3. The van der Waals surface area contributed by atoms with Gasteiger partial charge in [0.15, 0.2) is 0 Å². The molecule has 1 saturated heterocycles. The molecule has 0 aromatic heterocycles. The number of carbonyl (C=O) groups is 3. The molecule has 0 unspecified atom stereocenters. The average molecular weight is 475 g/mol. The molecule has 2 aromatic rings. The van der Waals surface area contributed by atoms with Gasteiger partial charge in [-0.15, -0.1) is 0 Å². The lowest BCUT2D eigenvalue weighted by atomic mass is 9.63. The highest BCUT2D eigenvalue weighted by Crippen LogP contribution is 2.47. The summed E-state index contributed by atoms with van der Waals surface area (Å²) in [7, 11) is 1.46. The Hall–Kier alpha value is -3.20. The van der Waals surface area contributed by atoms with Crippen molar-refractivity contribution in [3.8, 4) is 16.9 Å². The number of rotatable bonds is 6. The Balaban J connectivity index is 1.53. The molecule has 2 aliphatic rings. The molecule has 0 N–H and O–H groups in total. The van der Waals surface area contributed by atoms with Crippen molar-refractivity contribution < 1.29 is 37.0 Å². The van der Waals surface area contributed by atoms with Crippen molar-refractivity contribution in [2.75, 3.05) is 26.8 Å². The number of Topliss-reactive ketones (excluding diaryl/α,β-unsaturated/α-hetero) is 2. The number of benzene rings is 2. The third-order valence-electron chi connectivity index (χ3n) is 6.52. The summed E-state index contributed by atoms with van der Waals surface area (Å²) in [5.74, 6) is -2.05. The summed E-state index contributed by atoms with van der Waals surface area (Å²) >= 11 is 0. The zero-order chi connectivity index (χ0) is 24.6. The van der Waals surface area contributed by atoms with Gasteiger partial charge in [-0.3, -0.25) is 14.4 Å². The van der Waals surface area contributed by atoms with Gasteiger partial charge in [0.05, 0.1) is 7.11 Å². The Morgan fingerprint density at radius 2 is 1.71 bits per heavy atom. The Bertz CT molecular complexity index is 1110. The van der Waals surface area contributed by atoms with Gasteiger partial charge in [0.25, 0.3) is 0 Å². The molecule has 9 heteroatoms. The molecule has 1 heterocycles. The highest BCUT2D eigenvalue weighted by Gasteiger charge is 2.53. The van der Waals surface area contributed by atoms with Crippen molar-refractivity contribution in [2.24, 2.45) is 5.41 Å². The minimum atomic E-state index is -3.04. The fraction of sp³-hybridized carbons (Fsp3) is 0.400. The topological polar surface area (TPSA) is 72.9 Å². The van der Waals surface area contributed by atoms with Crippen molar-refractivity contribution in [3.05, 3.63) is 53.3 Å². The normalized spacial score (nSPS) is 17.9. The SMILES string of the molecule is COc1cc(-c2ccc(F)cc2)cc(C)c1C1C(=O)CC2(CC1=O)CN(C(=O)COC(F)F)C2. The molecule has 6 nitrogen and oxygen atoms in total. The smallest absolute Gasteiger partial charge is 0.345 e. The Morgan fingerprint density at radius 3 is 2.26 bits per heavy atom. The number of likely N-dealkylation sites (tertiary alicyclic amines) is 1. The molecule has 2 aromatic carbocycles. The summed E-state index contributed by atoms with van der Waals surface area (Å²) in [4.78, 5) is 39.6. The summed E-state index contributed by atoms with van der Waals surface area (Å²) in [5, 5.41) is 0. The van der Waals surface area contributed by atoms with E-state index < -0.39 is 30.5 Å². The van der Waals surface area contributed by atoms with Crippen molar-refractivity contribution in [3.63, 3.8) is 0 Å². The first-order valence-corrected chi connectivity index (χ1v) is 10.8. The van der Waals surface area contributed by atoms with E-state index in [-0.39, 0.29) is 43.3 Å². The van der Waals surface area contributed by atoms with Gasteiger partial charge in [0, 0.05) is 36.9 Å². The second-order valence-electron chi connectivity index (χ2n) is 8.96. The highest BCUT2D eigenvalue weighted by molar-refractivity contribution is 6.11. The van der Waals surface area contributed by atoms with E-state index in [1.54, 1.807) is 25.1 Å². The van der Waals surface area contributed by atoms with Crippen LogP contribution in [-0.2, 0) is 19.1 Å². The molecule has 1 spiro atoms. The lowest BCUT2D eigenvalue weighted by Gasteiger charge is -2.52. The number of nitrogens with zero attached hydrogens (tertiary/aromatic N) is 1. The van der Waals surface area contributed by atoms with Gasteiger partial charge in [-0.25, -0.2) is 4.39 Å². The van der Waals surface area contributed by atoms with Gasteiger partial charge in [0.2, 0.25) is 5.91 Å². The van der Waals surface area contributed by atoms with Crippen LogP contribution >= 0.6 is 0 Å². The maximum atomic E-state index is 13.3. The van der Waals surface area contributed by atoms with Gasteiger partial charge in [0.1, 0.15) is 35.7 Å². The number of halogens is 3. The van der Waals surface area contributed by atoms with E-state index in [0.717, 1.165) is 11.1 Å². The maximum Gasteiger partial charge on any atom is 0.345 e. The second kappa shape index (κ2) is 9.21. The number of alkyl halides is 2. The molecule has 2 fully saturated rings. The molecule has 180 valence electrons. The summed E-state index contributed by atoms with van der Waals surface area (Å²) < 4.78 is 47.2. The van der Waals surface area contributed by atoms with Gasteiger partial charge in [-0.1, -0.05) is 18.2 Å². The second-order valence-corrected chi connectivity index (χ2v) is 8.96. The minimum Gasteiger partial charge on any atom is -0.496 e. The largest absolute Gasteiger partial charge is 0.496 e. The molecule has 0 bridgehead atoms. The third kappa shape index (κ3) is 4.57. The van der Waals surface area contributed by atoms with Crippen LogP contribution in [0.1, 0.15) is 29.9 Å². The van der Waals surface area contributed by atoms with Crippen LogP contribution in [0.4, 0.5) is 13.2 Å². The van der Waals surface area contributed by atoms with Crippen molar-refractivity contribution in [2.45, 2.75) is 32.3 Å². The fourth-order valence-electron chi connectivity index (χ4n) is 5.01. The van der Waals surface area contributed by atoms with Crippen LogP contribution in [0.5, 0.6) is 5.75 Å². The molecule has 1 aliphatic heterocycles. The fourth-order valence-corrected chi connectivity index (χ4v) is 5.01. The van der Waals surface area contributed by atoms with E-state index in [0.29, 0.717) is 16.9 Å². The Kier molecular flexibility index (Phi) is 6.49. The number of aryl methyl sites for hydroxylation is 1. The molecule has 1 aliphatic carbocycles. The van der Waals surface area contributed by atoms with Crippen molar-refractivity contribution >= 4 is 17.5 Å². The molecule has 0 atom stereocenters. The lowest BCUT2D eigenvalue weighted by molar-refractivity contribution is -0.171. The summed E-state index contributed by atoms with van der Waals surface area (Å²) in [6.07, 6.45) is 0.205. The molecule has 34 heavy (non-hydrogen) atoms. The van der Waals surface area contributed by atoms with Gasteiger partial charge >= 0.3 is 6.61 Å². The standard InChI is InChI=1S/C25H24F3NO5/c1-14-7-16(15-3-5-17(26)6-4-15)8-20(33-2)22(14)23-18(30)9-25(10-19(23)31)12-29(13-25)21(32)11-34-24(27)28/h3-8,23-24H,9-13H2,1-2H3. The number of methoxy groups -OCH3 is 1. The quantitative estimate of drug-likeness (QED) is 0.593. The molecular weight excluding hydrogens is 451 g/mol. The number of carbonyl (C=O) groups excluding carboxylic acids is 3. The van der Waals surface area contributed by atoms with Crippen LogP contribution in [0.15, 0.2) is 36.4 Å². The van der Waals surface area contributed by atoms with Crippen LogP contribution in [0.2, 0.25) is 0 Å². The van der Waals surface area contributed by atoms with E-state index in [1.165, 1.54) is 24.1 Å². The third-order valence-corrected chi connectivity index (χ3v) is 6.52. The Morgan fingerprint density at radius 1 is 1.09 bits per heavy atom. The monoisotopic (exact) mass is 475 g/mol. The number of hydrogen-bond acceptors (Lipinski definition) is 5. The predicted molar refractivity (Wildman–Crippen MR) is 116 cm³/mol. The van der Waals surface area contributed by atoms with Gasteiger partial charge in [-0.2, -0.15) is 8.78 Å². The minimum absolute atomic E-state index is 0.102. The summed E-state index contributed by atoms with van der Waals surface area (Å²) in [5.41, 5.74) is 2.08. The number of ketones is 2. The predicted octanol–water partition coefficient (Wildman–Crippen LogP) is 3.89. The van der Waals surface area contributed by atoms with Crippen LogP contribution in [0.3, 0.4) is 0 Å². The average Bonchev–Trinajstić information content (AvgIpc) is 2.76. The molecule has 1 amide bonds. The van der Waals surface area contributed by atoms with E-state index in [4.69, 9.17) is 4.74 Å². The van der Waals surface area contributed by atoms with Crippen LogP contribution in [0.25, 0.3) is 11.1 Å². The molecular formula is C25H24F3NO5. The zero-order valence-electron chi connectivity index (χ0n) is 18.8. The van der Waals surface area contributed by atoms with E-state index in [1.807, 2.05) is 6.07 Å². The van der Waals surface area contributed by atoms with E-state index >= 15 is 0 Å². The molecule has 1 saturated carbocycles. The van der Waals surface area contributed by atoms with E-state index in [2.05, 4.69) is 4.74 Å². The van der Waals surface area contributed by atoms with Crippen molar-refractivity contribution in [1.29, 1.82) is 0 Å². The maximum absolute atomic E-state index is 13.3. The summed E-state index contributed by atoms with van der Waals surface area (Å²) in [6, 6.07) is 9.55. The van der Waals surface area contributed by atoms with Gasteiger partial charge in [-0.05, 0) is 41.8 Å². The van der Waals surface area contributed by atoms with Crippen LogP contribution in [0, 0.1) is 18.2 Å². The first-order valence-electron chi connectivity index (χ1n) is 10.8. The zero-order valence-corrected chi connectivity index (χ0v) is 18.8. The molecule has 0 radical (unpaired) electrons. The van der Waals surface area contributed by atoms with Crippen molar-refractivity contribution in [1.82, 2.24) is 4.90 Å². The van der Waals surface area contributed by atoms with Crippen LogP contribution in [-0.4, -0.2) is 55.8 Å².